The fourth-order valence-corrected chi connectivity index (χ4v) is 1.37. The Morgan fingerprint density at radius 1 is 1.22 bits per heavy atom. The highest BCUT2D eigenvalue weighted by Crippen LogP contribution is 1.96. The van der Waals surface area contributed by atoms with E-state index in [1.165, 1.54) is 0 Å². The molecule has 1 aromatic carbocycles. The molecule has 0 spiro atoms. The third-order valence-corrected chi connectivity index (χ3v) is 2.28. The zero-order chi connectivity index (χ0) is 13.4. The first-order valence-electron chi connectivity index (χ1n) is 5.66. The standard InChI is InChI=1S/C12H18N4O2/c1-16(8-7-13)9-11(17)14-15-12(18)10-5-3-2-4-6-10/h2-6H,7-9,13H2,1H3,(H,14,17)(H,15,18). The van der Waals surface area contributed by atoms with E-state index >= 15 is 0 Å². The largest absolute Gasteiger partial charge is 0.329 e. The van der Waals surface area contributed by atoms with Crippen LogP contribution in [0.4, 0.5) is 0 Å². The van der Waals surface area contributed by atoms with Gasteiger partial charge in [-0.2, -0.15) is 0 Å². The minimum atomic E-state index is -0.342. The van der Waals surface area contributed by atoms with Gasteiger partial charge in [0, 0.05) is 18.7 Å². The summed E-state index contributed by atoms with van der Waals surface area (Å²) in [5, 5.41) is 0. The third-order valence-electron chi connectivity index (χ3n) is 2.28. The first kappa shape index (κ1) is 14.1. The molecule has 0 bridgehead atoms. The molecule has 0 atom stereocenters. The molecule has 0 aliphatic rings. The number of benzene rings is 1. The Morgan fingerprint density at radius 2 is 1.89 bits per heavy atom. The molecule has 1 aromatic rings. The van der Waals surface area contributed by atoms with E-state index in [9.17, 15) is 9.59 Å². The van der Waals surface area contributed by atoms with Crippen LogP contribution in [0, 0.1) is 0 Å². The summed E-state index contributed by atoms with van der Waals surface area (Å²) >= 11 is 0. The van der Waals surface area contributed by atoms with E-state index in [4.69, 9.17) is 5.73 Å². The van der Waals surface area contributed by atoms with Crippen molar-refractivity contribution in [3.05, 3.63) is 35.9 Å². The fraction of sp³-hybridized carbons (Fsp3) is 0.333. The van der Waals surface area contributed by atoms with Crippen molar-refractivity contribution in [1.82, 2.24) is 15.8 Å². The summed E-state index contributed by atoms with van der Waals surface area (Å²) in [6, 6.07) is 8.67. The smallest absolute Gasteiger partial charge is 0.269 e. The molecule has 0 aliphatic heterocycles. The molecule has 2 amide bonds. The van der Waals surface area contributed by atoms with Crippen molar-refractivity contribution in [2.75, 3.05) is 26.7 Å². The second kappa shape index (κ2) is 7.41. The lowest BCUT2D eigenvalue weighted by molar-refractivity contribution is -0.122. The van der Waals surface area contributed by atoms with Crippen LogP contribution in [0.5, 0.6) is 0 Å². The van der Waals surface area contributed by atoms with Gasteiger partial charge in [-0.1, -0.05) is 18.2 Å². The van der Waals surface area contributed by atoms with Crippen LogP contribution in [0.1, 0.15) is 10.4 Å². The number of hydrazine groups is 1. The van der Waals surface area contributed by atoms with Gasteiger partial charge in [0.05, 0.1) is 6.54 Å². The van der Waals surface area contributed by atoms with Gasteiger partial charge in [0.15, 0.2) is 0 Å². The van der Waals surface area contributed by atoms with Gasteiger partial charge in [-0.15, -0.1) is 0 Å². The molecule has 98 valence electrons. The predicted molar refractivity (Wildman–Crippen MR) is 68.6 cm³/mol. The predicted octanol–water partition coefficient (Wildman–Crippen LogP) is -0.662. The second-order valence-corrected chi connectivity index (χ2v) is 3.89. The van der Waals surface area contributed by atoms with Crippen molar-refractivity contribution >= 4 is 11.8 Å². The number of nitrogens with zero attached hydrogens (tertiary/aromatic N) is 1. The van der Waals surface area contributed by atoms with E-state index in [2.05, 4.69) is 10.9 Å². The van der Waals surface area contributed by atoms with Gasteiger partial charge in [-0.25, -0.2) is 0 Å². The molecule has 0 saturated heterocycles. The van der Waals surface area contributed by atoms with Crippen LogP contribution in [-0.4, -0.2) is 43.4 Å². The summed E-state index contributed by atoms with van der Waals surface area (Å²) < 4.78 is 0. The van der Waals surface area contributed by atoms with E-state index in [0.29, 0.717) is 18.7 Å². The zero-order valence-corrected chi connectivity index (χ0v) is 10.3. The van der Waals surface area contributed by atoms with Crippen LogP contribution < -0.4 is 16.6 Å². The van der Waals surface area contributed by atoms with Crippen molar-refractivity contribution in [3.8, 4) is 0 Å². The van der Waals surface area contributed by atoms with Crippen LogP contribution in [0.3, 0.4) is 0 Å². The highest BCUT2D eigenvalue weighted by atomic mass is 16.2. The van der Waals surface area contributed by atoms with E-state index in [1.807, 2.05) is 6.07 Å². The zero-order valence-electron chi connectivity index (χ0n) is 10.3. The molecule has 18 heavy (non-hydrogen) atoms. The maximum Gasteiger partial charge on any atom is 0.269 e. The van der Waals surface area contributed by atoms with Crippen molar-refractivity contribution in [1.29, 1.82) is 0 Å². The molecule has 0 aromatic heterocycles. The number of carbonyl (C=O) groups excluding carboxylic acids is 2. The van der Waals surface area contributed by atoms with Gasteiger partial charge in [0.25, 0.3) is 11.8 Å². The Hall–Kier alpha value is -1.92. The molecule has 4 N–H and O–H groups in total. The average Bonchev–Trinajstić information content (AvgIpc) is 2.37. The molecule has 1 rings (SSSR count). The molecular formula is C12H18N4O2. The lowest BCUT2D eigenvalue weighted by atomic mass is 10.2. The topological polar surface area (TPSA) is 87.5 Å². The molecule has 0 unspecified atom stereocenters. The Kier molecular flexibility index (Phi) is 5.83. The minimum Gasteiger partial charge on any atom is -0.329 e. The molecule has 0 fully saturated rings. The number of carbonyl (C=O) groups is 2. The van der Waals surface area contributed by atoms with Gasteiger partial charge in [-0.3, -0.25) is 25.3 Å². The highest BCUT2D eigenvalue weighted by Gasteiger charge is 2.08. The Bertz CT molecular complexity index is 394. The van der Waals surface area contributed by atoms with Crippen LogP contribution >= 0.6 is 0 Å². The molecule has 6 heteroatoms. The molecular weight excluding hydrogens is 232 g/mol. The van der Waals surface area contributed by atoms with Crippen molar-refractivity contribution in [2.24, 2.45) is 5.73 Å². The quantitative estimate of drug-likeness (QED) is 0.605. The second-order valence-electron chi connectivity index (χ2n) is 3.89. The molecule has 0 radical (unpaired) electrons. The summed E-state index contributed by atoms with van der Waals surface area (Å²) in [5.74, 6) is -0.624. The number of amides is 2. The van der Waals surface area contributed by atoms with Gasteiger partial charge in [0.2, 0.25) is 0 Å². The monoisotopic (exact) mass is 250 g/mol. The third kappa shape index (κ3) is 4.94. The number of nitrogens with two attached hydrogens (primary N) is 1. The average molecular weight is 250 g/mol. The molecule has 0 saturated carbocycles. The summed E-state index contributed by atoms with van der Waals surface area (Å²) in [6.45, 7) is 1.30. The lowest BCUT2D eigenvalue weighted by Gasteiger charge is -2.15. The number of likely N-dealkylation sites (N-methyl/N-ethyl adjacent to an activating group) is 1. The molecule has 0 aliphatic carbocycles. The summed E-state index contributed by atoms with van der Waals surface area (Å²) in [6.07, 6.45) is 0. The maximum atomic E-state index is 11.6. The highest BCUT2D eigenvalue weighted by molar-refractivity contribution is 5.95. The summed E-state index contributed by atoms with van der Waals surface area (Å²) in [5.41, 5.74) is 10.6. The normalized spacial score (nSPS) is 10.2. The summed E-state index contributed by atoms with van der Waals surface area (Å²) in [4.78, 5) is 24.8. The number of rotatable bonds is 5. The van der Waals surface area contributed by atoms with E-state index in [0.717, 1.165) is 0 Å². The first-order valence-corrected chi connectivity index (χ1v) is 5.66. The Labute approximate surface area is 106 Å². The Morgan fingerprint density at radius 3 is 2.50 bits per heavy atom. The van der Waals surface area contributed by atoms with Crippen LogP contribution in [0.2, 0.25) is 0 Å². The van der Waals surface area contributed by atoms with E-state index < -0.39 is 0 Å². The molecule has 6 nitrogen and oxygen atoms in total. The summed E-state index contributed by atoms with van der Waals surface area (Å²) in [7, 11) is 1.78. The van der Waals surface area contributed by atoms with Crippen LogP contribution in [-0.2, 0) is 4.79 Å². The number of hydrogen-bond acceptors (Lipinski definition) is 4. The van der Waals surface area contributed by atoms with Gasteiger partial charge < -0.3 is 5.73 Å². The van der Waals surface area contributed by atoms with E-state index in [-0.39, 0.29) is 18.4 Å². The number of hydrogen-bond donors (Lipinski definition) is 3. The first-order chi connectivity index (χ1) is 8.63. The number of nitrogens with one attached hydrogen (secondary N) is 2. The minimum absolute atomic E-state index is 0.187. The van der Waals surface area contributed by atoms with E-state index in [1.54, 1.807) is 36.2 Å². The van der Waals surface area contributed by atoms with Gasteiger partial charge >= 0.3 is 0 Å². The lowest BCUT2D eigenvalue weighted by Crippen LogP contribution is -2.46. The Balaban J connectivity index is 2.33. The SMILES string of the molecule is CN(CCN)CC(=O)NNC(=O)c1ccccc1. The van der Waals surface area contributed by atoms with Crippen molar-refractivity contribution < 1.29 is 9.59 Å². The molecule has 0 heterocycles. The van der Waals surface area contributed by atoms with Crippen LogP contribution in [0.15, 0.2) is 30.3 Å². The fourth-order valence-electron chi connectivity index (χ4n) is 1.37. The maximum absolute atomic E-state index is 11.6. The van der Waals surface area contributed by atoms with Crippen molar-refractivity contribution in [3.63, 3.8) is 0 Å². The van der Waals surface area contributed by atoms with Crippen molar-refractivity contribution in [2.45, 2.75) is 0 Å². The van der Waals surface area contributed by atoms with Crippen LogP contribution in [0.25, 0.3) is 0 Å². The van der Waals surface area contributed by atoms with Gasteiger partial charge in [-0.05, 0) is 19.2 Å². The van der Waals surface area contributed by atoms with Gasteiger partial charge in [0.1, 0.15) is 0 Å².